The minimum absolute atomic E-state index is 0.000262. The van der Waals surface area contributed by atoms with Gasteiger partial charge in [-0.25, -0.2) is 0 Å². The molecule has 8 fully saturated rings. The van der Waals surface area contributed by atoms with Crippen LogP contribution in [0.4, 0.5) is 0 Å². The average Bonchev–Trinajstić information content (AvgIpc) is 1.57. The van der Waals surface area contributed by atoms with Gasteiger partial charge in [0.1, 0.15) is 35.1 Å². The number of aliphatic carboxylic acids is 3. The summed E-state index contributed by atoms with van der Waals surface area (Å²) in [4.78, 5) is 154. The molecule has 0 amide bonds. The Balaban J connectivity index is 0.000000264. The van der Waals surface area contributed by atoms with Gasteiger partial charge in [0.15, 0.2) is 0 Å². The van der Waals surface area contributed by atoms with Gasteiger partial charge < -0.3 is 72.2 Å². The molecule has 3 heterocycles. The number of carboxylic acids is 3. The maximum Gasteiger partial charge on any atom is 0.312 e. The minimum atomic E-state index is -1.41. The summed E-state index contributed by atoms with van der Waals surface area (Å²) in [7, 11) is 1.58. The van der Waals surface area contributed by atoms with Gasteiger partial charge in [0.05, 0.1) is 111 Å². The van der Waals surface area contributed by atoms with Crippen molar-refractivity contribution in [2.45, 2.75) is 330 Å². The molecule has 22 atom stereocenters. The summed E-state index contributed by atoms with van der Waals surface area (Å²) in [6.45, 7) is 48.5. The van der Waals surface area contributed by atoms with Crippen molar-refractivity contribution in [1.82, 2.24) is 0 Å². The van der Waals surface area contributed by atoms with E-state index in [1.54, 1.807) is 153 Å². The number of fused-ring (bicyclic) bond motifs is 11. The van der Waals surface area contributed by atoms with Gasteiger partial charge in [-0.3, -0.25) is 57.5 Å². The summed E-state index contributed by atoms with van der Waals surface area (Å²) in [6, 6.07) is 0. The van der Waals surface area contributed by atoms with Crippen molar-refractivity contribution in [1.29, 1.82) is 0 Å². The molecule has 0 radical (unpaired) electrons. The fourth-order valence-corrected chi connectivity index (χ4v) is 19.6. The molecular weight excluding hydrogens is 1460 g/mol. The first-order valence-corrected chi connectivity index (χ1v) is 40.8. The topological polar surface area (TPSA) is 376 Å². The molecule has 22 unspecified atom stereocenters. The lowest BCUT2D eigenvalue weighted by Gasteiger charge is -2.41. The van der Waals surface area contributed by atoms with E-state index in [0.29, 0.717) is 58.5 Å². The number of cyclic esters (lactones) is 3. The molecule has 0 spiro atoms. The molecule has 644 valence electrons. The molecule has 113 heavy (non-hydrogen) atoms. The van der Waals surface area contributed by atoms with Crippen molar-refractivity contribution < 1.29 is 130 Å². The molecule has 0 aromatic rings. The lowest BCUT2D eigenvalue weighted by atomic mass is 9.65. The van der Waals surface area contributed by atoms with Crippen LogP contribution in [0.2, 0.25) is 0 Å². The number of carbonyl (C=O) groups is 12. The first-order valence-electron chi connectivity index (χ1n) is 40.8. The Morgan fingerprint density at radius 2 is 0.708 bits per heavy atom. The highest BCUT2D eigenvalue weighted by Crippen LogP contribution is 2.60. The number of hydrogen-bond acceptors (Lipinski definition) is 24. The van der Waals surface area contributed by atoms with Gasteiger partial charge in [-0.15, -0.1) is 0 Å². The normalized spacial score (nSPS) is 30.3. The van der Waals surface area contributed by atoms with E-state index in [-0.39, 0.29) is 140 Å². The smallest absolute Gasteiger partial charge is 0.312 e. The Hall–Kier alpha value is -6.48. The van der Waals surface area contributed by atoms with Crippen LogP contribution < -0.4 is 0 Å². The maximum absolute atomic E-state index is 13.7. The van der Waals surface area contributed by atoms with Crippen molar-refractivity contribution in [3.8, 4) is 0 Å². The van der Waals surface area contributed by atoms with Crippen LogP contribution in [0.1, 0.15) is 270 Å². The third-order valence-electron chi connectivity index (χ3n) is 25.4. The van der Waals surface area contributed by atoms with E-state index in [4.69, 9.17) is 56.8 Å². The molecular formula is C86H138O27. The van der Waals surface area contributed by atoms with Crippen LogP contribution in [0.5, 0.6) is 0 Å². The molecule has 8 aliphatic rings. The van der Waals surface area contributed by atoms with E-state index in [2.05, 4.69) is 0 Å². The largest absolute Gasteiger partial charge is 0.481 e. The van der Waals surface area contributed by atoms with E-state index >= 15 is 0 Å². The molecule has 0 aromatic heterocycles. The lowest BCUT2D eigenvalue weighted by molar-refractivity contribution is -0.184. The second-order valence-corrected chi connectivity index (χ2v) is 40.8. The summed E-state index contributed by atoms with van der Waals surface area (Å²) < 4.78 is 68.5. The molecule has 3 aliphatic heterocycles. The second-order valence-electron chi connectivity index (χ2n) is 40.8. The highest BCUT2D eigenvalue weighted by molar-refractivity contribution is 5.85. The summed E-state index contributed by atoms with van der Waals surface area (Å²) >= 11 is 0. The third-order valence-corrected chi connectivity index (χ3v) is 25.4. The van der Waals surface area contributed by atoms with Crippen molar-refractivity contribution in [2.75, 3.05) is 33.5 Å². The van der Waals surface area contributed by atoms with Crippen LogP contribution in [-0.2, 0) is 114 Å². The molecule has 27 nitrogen and oxygen atoms in total. The number of ether oxygens (including phenoxy) is 12. The first kappa shape index (κ1) is 95.4. The Labute approximate surface area is 669 Å². The Kier molecular flexibility index (Phi) is 29.5. The molecule has 5 saturated carbocycles. The van der Waals surface area contributed by atoms with Gasteiger partial charge >= 0.3 is 71.6 Å². The predicted octanol–water partition coefficient (Wildman–Crippen LogP) is 13.3. The van der Waals surface area contributed by atoms with Crippen molar-refractivity contribution in [2.24, 2.45) is 108 Å². The standard InChI is InChI=1S/C30H48O9.C28H44O9.C28H46O9/c1-11-29(9,26(35)39-27(4,5)6)15-30(10,24(32)33)14-28(7,8)25(34)38-22-18-12-17(21(22)37-16(2)3)19-13-36-23(31)20(18)19;1-10-27(7,24(33)37-25(2,3)4)14-28(8,22(30)31)13-26(5,6)23(32)36-20-16-11-15(19(20)34-9)17-12-35-21(29)18(16)17;1-10-27(8,24(33)37-25(3,4)5)16-28(9,22(30)31)15-26(6,7)23(32)36-20-13-18-17(14-35-21(18)29)12-19(20)34-11-2/h16-22H,11-15H2,1-10H3,(H,32,33);15-20H,10-14H2,1-9H3,(H,30,31);17-20H,10-16H2,1-9H3,(H,30,31). The Bertz CT molecular complexity index is 3500. The number of carboxylic acid groups (broad SMARTS) is 3. The summed E-state index contributed by atoms with van der Waals surface area (Å²) in [5.41, 5.74) is -13.1. The van der Waals surface area contributed by atoms with Gasteiger partial charge in [-0.2, -0.15) is 0 Å². The third kappa shape index (κ3) is 21.8. The minimum Gasteiger partial charge on any atom is -0.481 e. The lowest BCUT2D eigenvalue weighted by Crippen LogP contribution is -2.49. The molecule has 0 aromatic carbocycles. The van der Waals surface area contributed by atoms with Gasteiger partial charge in [0.2, 0.25) is 0 Å². The zero-order valence-electron chi connectivity index (χ0n) is 73.0. The average molecular weight is 1600 g/mol. The van der Waals surface area contributed by atoms with Crippen molar-refractivity contribution >= 4 is 71.6 Å². The zero-order valence-corrected chi connectivity index (χ0v) is 73.0. The summed E-state index contributed by atoms with van der Waals surface area (Å²) in [5.74, 6) is -8.00. The quantitative estimate of drug-likeness (QED) is 0.0416. The van der Waals surface area contributed by atoms with E-state index in [1.165, 1.54) is 0 Å². The fourth-order valence-electron chi connectivity index (χ4n) is 19.6. The molecule has 5 aliphatic carbocycles. The van der Waals surface area contributed by atoms with E-state index < -0.39 is 138 Å². The van der Waals surface area contributed by atoms with Crippen LogP contribution in [0.15, 0.2) is 0 Å². The van der Waals surface area contributed by atoms with Crippen molar-refractivity contribution in [3.63, 3.8) is 0 Å². The Morgan fingerprint density at radius 1 is 0.381 bits per heavy atom. The zero-order chi connectivity index (χ0) is 86.2. The predicted molar refractivity (Wildman–Crippen MR) is 411 cm³/mol. The van der Waals surface area contributed by atoms with Gasteiger partial charge in [-0.05, 0) is 255 Å². The number of carbonyl (C=O) groups excluding carboxylic acids is 9. The van der Waals surface area contributed by atoms with E-state index in [0.717, 1.165) is 12.8 Å². The fraction of sp³-hybridized carbons (Fsp3) is 0.860. The SMILES string of the molecule is CCC(C)(CC(C)(CC(C)(C)C(=O)OC1C2CC(C3COC(=O)C32)C1OC(C)C)C(=O)O)C(=O)OC(C)(C)C.CCC(C)(CC(C)(CC(C)(C)C(=O)OC1C2CC(C3COC(=O)C32)C1OC)C(=O)O)C(=O)OC(C)(C)C.CCOC1CC2COC(=O)C2CC1OC(=O)C(C)(C)CC(C)(CC(C)(CC)C(=O)OC(C)(C)C)C(=O)O. The molecule has 27 heteroatoms. The van der Waals surface area contributed by atoms with E-state index in [9.17, 15) is 72.9 Å². The van der Waals surface area contributed by atoms with Crippen molar-refractivity contribution in [3.05, 3.63) is 0 Å². The highest BCUT2D eigenvalue weighted by atomic mass is 16.6. The van der Waals surface area contributed by atoms with Crippen LogP contribution in [0.25, 0.3) is 0 Å². The van der Waals surface area contributed by atoms with Gasteiger partial charge in [0, 0.05) is 49.7 Å². The molecule has 3 N–H and O–H groups in total. The van der Waals surface area contributed by atoms with Crippen LogP contribution in [0.3, 0.4) is 0 Å². The number of hydrogen-bond donors (Lipinski definition) is 3. The van der Waals surface area contributed by atoms with Gasteiger partial charge in [-0.1, -0.05) is 20.8 Å². The summed E-state index contributed by atoms with van der Waals surface area (Å²) in [6.07, 6.45) is 0.415. The second kappa shape index (κ2) is 35.0. The Morgan fingerprint density at radius 3 is 1.02 bits per heavy atom. The molecule has 3 saturated heterocycles. The molecule has 8 rings (SSSR count). The van der Waals surface area contributed by atoms with E-state index in [1.807, 2.05) is 41.5 Å². The van der Waals surface area contributed by atoms with Crippen LogP contribution >= 0.6 is 0 Å². The number of rotatable bonds is 32. The van der Waals surface area contributed by atoms with Crippen LogP contribution in [-0.4, -0.2) is 180 Å². The summed E-state index contributed by atoms with van der Waals surface area (Å²) in [5, 5.41) is 30.8. The maximum atomic E-state index is 13.7. The van der Waals surface area contributed by atoms with Gasteiger partial charge in [0.25, 0.3) is 0 Å². The number of esters is 9. The number of methoxy groups -OCH3 is 1. The van der Waals surface area contributed by atoms with Crippen LogP contribution in [0, 0.1) is 108 Å². The highest BCUT2D eigenvalue weighted by Gasteiger charge is 2.68. The first-order chi connectivity index (χ1) is 51.5. The monoisotopic (exact) mass is 1600 g/mol. The molecule has 4 bridgehead atoms.